The third kappa shape index (κ3) is 2.15. The molecule has 4 heteroatoms. The second-order valence-corrected chi connectivity index (χ2v) is 3.43. The summed E-state index contributed by atoms with van der Waals surface area (Å²) >= 11 is 0. The van der Waals surface area contributed by atoms with Crippen LogP contribution in [0.25, 0.3) is 11.0 Å². The van der Waals surface area contributed by atoms with Crippen molar-refractivity contribution in [3.8, 4) is 11.8 Å². The van der Waals surface area contributed by atoms with Gasteiger partial charge in [0.25, 0.3) is 0 Å². The zero-order chi connectivity index (χ0) is 11.4. The summed E-state index contributed by atoms with van der Waals surface area (Å²) in [4.78, 5) is 0. The predicted octanol–water partition coefficient (Wildman–Crippen LogP) is 1.37. The van der Waals surface area contributed by atoms with Crippen LogP contribution >= 0.6 is 0 Å². The average molecular weight is 215 g/mol. The molecule has 0 spiro atoms. The highest BCUT2D eigenvalue weighted by Gasteiger charge is 2.03. The maximum atomic E-state index is 5.66. The first-order valence-corrected chi connectivity index (χ1v) is 5.09. The molecular weight excluding hydrogens is 202 g/mol. The number of rotatable bonds is 2. The lowest BCUT2D eigenvalue weighted by Gasteiger charge is -1.91. The van der Waals surface area contributed by atoms with E-state index in [9.17, 15) is 0 Å². The van der Waals surface area contributed by atoms with Crippen LogP contribution in [0.4, 0.5) is 5.82 Å². The Morgan fingerprint density at radius 3 is 3.19 bits per heavy atom. The van der Waals surface area contributed by atoms with Crippen LogP contribution in [-0.4, -0.2) is 18.7 Å². The maximum Gasteiger partial charge on any atom is 0.174 e. The van der Waals surface area contributed by atoms with Crippen molar-refractivity contribution in [2.75, 3.05) is 19.3 Å². The third-order valence-electron chi connectivity index (χ3n) is 2.23. The summed E-state index contributed by atoms with van der Waals surface area (Å²) in [5.74, 6) is 6.56. The van der Waals surface area contributed by atoms with E-state index in [1.807, 2.05) is 25.2 Å². The van der Waals surface area contributed by atoms with Gasteiger partial charge >= 0.3 is 0 Å². The summed E-state index contributed by atoms with van der Waals surface area (Å²) in [7, 11) is 1.91. The Kier molecular flexibility index (Phi) is 3.08. The number of nitrogens with one attached hydrogen (secondary N) is 1. The quantitative estimate of drug-likeness (QED) is 0.586. The monoisotopic (exact) mass is 215 g/mol. The molecule has 2 rings (SSSR count). The van der Waals surface area contributed by atoms with Gasteiger partial charge in [0.15, 0.2) is 11.4 Å². The molecule has 0 amide bonds. The van der Waals surface area contributed by atoms with E-state index in [-0.39, 0.29) is 0 Å². The molecule has 82 valence electrons. The number of hydrogen-bond donors (Lipinski definition) is 2. The molecule has 0 radical (unpaired) electrons. The van der Waals surface area contributed by atoms with Crippen LogP contribution in [0.15, 0.2) is 22.7 Å². The second-order valence-electron chi connectivity index (χ2n) is 3.43. The van der Waals surface area contributed by atoms with Gasteiger partial charge in [0.1, 0.15) is 0 Å². The molecule has 0 atom stereocenters. The number of anilines is 1. The predicted molar refractivity (Wildman–Crippen MR) is 63.8 cm³/mol. The van der Waals surface area contributed by atoms with E-state index in [4.69, 9.17) is 10.3 Å². The van der Waals surface area contributed by atoms with Gasteiger partial charge in [-0.3, -0.25) is 0 Å². The second kappa shape index (κ2) is 4.69. The number of hydrogen-bond acceptors (Lipinski definition) is 4. The van der Waals surface area contributed by atoms with Crippen molar-refractivity contribution in [1.29, 1.82) is 0 Å². The maximum absolute atomic E-state index is 5.66. The molecule has 1 aromatic carbocycles. The molecule has 1 heterocycles. The molecular formula is C12H13N3O. The van der Waals surface area contributed by atoms with Crippen LogP contribution in [0, 0.1) is 11.8 Å². The number of nitrogens with zero attached hydrogens (tertiary/aromatic N) is 1. The van der Waals surface area contributed by atoms with Gasteiger partial charge in [0, 0.05) is 18.5 Å². The molecule has 0 saturated carbocycles. The molecule has 0 bridgehead atoms. The van der Waals surface area contributed by atoms with Crippen molar-refractivity contribution in [1.82, 2.24) is 10.5 Å². The van der Waals surface area contributed by atoms with Crippen molar-refractivity contribution < 1.29 is 4.52 Å². The summed E-state index contributed by atoms with van der Waals surface area (Å²) < 4.78 is 5.01. The molecule has 3 N–H and O–H groups in total. The van der Waals surface area contributed by atoms with Crippen LogP contribution in [0.1, 0.15) is 12.0 Å². The number of nitrogen functional groups attached to an aromatic ring is 1. The Hall–Kier alpha value is -1.99. The molecule has 0 aliphatic carbocycles. The lowest BCUT2D eigenvalue weighted by atomic mass is 10.1. The normalized spacial score (nSPS) is 10.1. The van der Waals surface area contributed by atoms with Gasteiger partial charge < -0.3 is 15.6 Å². The molecule has 0 aliphatic heterocycles. The largest absolute Gasteiger partial charge is 0.380 e. The van der Waals surface area contributed by atoms with Gasteiger partial charge in [-0.05, 0) is 25.2 Å². The van der Waals surface area contributed by atoms with E-state index >= 15 is 0 Å². The van der Waals surface area contributed by atoms with Gasteiger partial charge in [-0.15, -0.1) is 0 Å². The highest BCUT2D eigenvalue weighted by atomic mass is 16.5. The highest BCUT2D eigenvalue weighted by Crippen LogP contribution is 2.20. The van der Waals surface area contributed by atoms with Crippen molar-refractivity contribution in [3.63, 3.8) is 0 Å². The molecule has 0 aliphatic rings. The Bertz CT molecular complexity index is 548. The van der Waals surface area contributed by atoms with Crippen molar-refractivity contribution in [3.05, 3.63) is 23.8 Å². The van der Waals surface area contributed by atoms with Crippen LogP contribution in [0.2, 0.25) is 0 Å². The zero-order valence-corrected chi connectivity index (χ0v) is 9.08. The summed E-state index contributed by atoms with van der Waals surface area (Å²) in [5, 5.41) is 7.55. The SMILES string of the molecule is CNCCC#Cc1ccc2onc(N)c2c1. The number of fused-ring (bicyclic) bond motifs is 1. The lowest BCUT2D eigenvalue weighted by Crippen LogP contribution is -2.05. The fraction of sp³-hybridized carbons (Fsp3) is 0.250. The van der Waals surface area contributed by atoms with E-state index in [1.165, 1.54) is 0 Å². The highest BCUT2D eigenvalue weighted by molar-refractivity contribution is 5.87. The Balaban J connectivity index is 2.24. The Labute approximate surface area is 93.8 Å². The molecule has 0 fully saturated rings. The van der Waals surface area contributed by atoms with E-state index in [1.54, 1.807) is 0 Å². The average Bonchev–Trinajstić information content (AvgIpc) is 2.67. The smallest absolute Gasteiger partial charge is 0.174 e. The lowest BCUT2D eigenvalue weighted by molar-refractivity contribution is 0.460. The standard InChI is InChI=1S/C12H13N3O/c1-14-7-3-2-4-9-5-6-11-10(8-9)12(13)15-16-11/h5-6,8,14H,3,7H2,1H3,(H2,13,15). The molecule has 16 heavy (non-hydrogen) atoms. The minimum atomic E-state index is 0.411. The Morgan fingerprint density at radius 1 is 1.50 bits per heavy atom. The van der Waals surface area contributed by atoms with Gasteiger partial charge in [0.05, 0.1) is 5.39 Å². The first-order chi connectivity index (χ1) is 7.81. The first kappa shape index (κ1) is 10.5. The van der Waals surface area contributed by atoms with Crippen molar-refractivity contribution in [2.24, 2.45) is 0 Å². The zero-order valence-electron chi connectivity index (χ0n) is 9.08. The summed E-state index contributed by atoms with van der Waals surface area (Å²) in [6, 6.07) is 5.63. The van der Waals surface area contributed by atoms with Gasteiger partial charge in [-0.1, -0.05) is 17.0 Å². The summed E-state index contributed by atoms with van der Waals surface area (Å²) in [5.41, 5.74) is 7.28. The number of nitrogens with two attached hydrogens (primary N) is 1. The Morgan fingerprint density at radius 2 is 2.38 bits per heavy atom. The fourth-order valence-electron chi connectivity index (χ4n) is 1.39. The van der Waals surface area contributed by atoms with Gasteiger partial charge in [-0.2, -0.15) is 0 Å². The van der Waals surface area contributed by atoms with Crippen LogP contribution in [-0.2, 0) is 0 Å². The van der Waals surface area contributed by atoms with Crippen LogP contribution in [0.5, 0.6) is 0 Å². The summed E-state index contributed by atoms with van der Waals surface area (Å²) in [6.07, 6.45) is 0.827. The van der Waals surface area contributed by atoms with Gasteiger partial charge in [-0.25, -0.2) is 0 Å². The van der Waals surface area contributed by atoms with Crippen LogP contribution in [0.3, 0.4) is 0 Å². The molecule has 1 aromatic heterocycles. The van der Waals surface area contributed by atoms with Crippen molar-refractivity contribution >= 4 is 16.8 Å². The van der Waals surface area contributed by atoms with E-state index in [2.05, 4.69) is 22.3 Å². The summed E-state index contributed by atoms with van der Waals surface area (Å²) in [6.45, 7) is 0.894. The molecule has 0 saturated heterocycles. The van der Waals surface area contributed by atoms with E-state index < -0.39 is 0 Å². The van der Waals surface area contributed by atoms with E-state index in [0.29, 0.717) is 11.4 Å². The molecule has 4 nitrogen and oxygen atoms in total. The third-order valence-corrected chi connectivity index (χ3v) is 2.23. The topological polar surface area (TPSA) is 64.1 Å². The molecule has 0 unspecified atom stereocenters. The minimum absolute atomic E-state index is 0.411. The first-order valence-electron chi connectivity index (χ1n) is 5.09. The number of aromatic nitrogens is 1. The fourth-order valence-corrected chi connectivity index (χ4v) is 1.39. The van der Waals surface area contributed by atoms with Gasteiger partial charge in [0.2, 0.25) is 0 Å². The molecule has 2 aromatic rings. The van der Waals surface area contributed by atoms with Crippen molar-refractivity contribution in [2.45, 2.75) is 6.42 Å². The minimum Gasteiger partial charge on any atom is -0.380 e. The van der Waals surface area contributed by atoms with E-state index in [0.717, 1.165) is 23.9 Å². The van der Waals surface area contributed by atoms with Crippen LogP contribution < -0.4 is 11.1 Å². The number of benzene rings is 1.